The van der Waals surface area contributed by atoms with Crippen LogP contribution in [-0.4, -0.2) is 35.5 Å². The molecule has 1 aliphatic rings. The number of carbonyl (C=O) groups is 3. The molecule has 0 bridgehead atoms. The molecule has 1 fully saturated rings. The molecule has 2 amide bonds. The second-order valence-corrected chi connectivity index (χ2v) is 5.79. The van der Waals surface area contributed by atoms with Crippen molar-refractivity contribution < 1.29 is 24.2 Å². The van der Waals surface area contributed by atoms with E-state index in [1.54, 1.807) is 31.2 Å². The molecule has 0 spiro atoms. The number of hydrogen-bond donors (Lipinski definition) is 2. The first-order valence-electron chi connectivity index (χ1n) is 8.19. The molecule has 26 heavy (non-hydrogen) atoms. The topological polar surface area (TPSA) is 95.9 Å². The van der Waals surface area contributed by atoms with Gasteiger partial charge >= 0.3 is 5.97 Å². The lowest BCUT2D eigenvalue weighted by atomic mass is 10.2. The largest absolute Gasteiger partial charge is 0.508 e. The SMILES string of the molecule is CCOC(=O)c1ccc(N2C(=O)C[C@H](Nc3cccc(O)c3)C2=O)cc1. The fraction of sp³-hybridized carbons (Fsp3) is 0.211. The molecule has 7 heteroatoms. The van der Waals surface area contributed by atoms with E-state index in [2.05, 4.69) is 5.32 Å². The van der Waals surface area contributed by atoms with E-state index in [-0.39, 0.29) is 30.6 Å². The number of aromatic hydroxyl groups is 1. The quantitative estimate of drug-likeness (QED) is 0.632. The Balaban J connectivity index is 1.75. The van der Waals surface area contributed by atoms with Crippen molar-refractivity contribution in [2.75, 3.05) is 16.8 Å². The van der Waals surface area contributed by atoms with Gasteiger partial charge in [0.1, 0.15) is 11.8 Å². The molecule has 2 N–H and O–H groups in total. The van der Waals surface area contributed by atoms with Gasteiger partial charge in [0.2, 0.25) is 5.91 Å². The lowest BCUT2D eigenvalue weighted by Crippen LogP contribution is -2.34. The molecule has 1 saturated heterocycles. The molecular formula is C19H18N2O5. The van der Waals surface area contributed by atoms with Gasteiger partial charge in [0.15, 0.2) is 0 Å². The third-order valence-electron chi connectivity index (χ3n) is 3.97. The van der Waals surface area contributed by atoms with Crippen LogP contribution >= 0.6 is 0 Å². The standard InChI is InChI=1S/C19H18N2O5/c1-2-26-19(25)12-6-8-14(9-7-12)21-17(23)11-16(18(21)24)20-13-4-3-5-15(22)10-13/h3-10,16,20,22H,2,11H2,1H3/t16-/m0/s1. The molecule has 3 rings (SSSR count). The number of rotatable bonds is 5. The molecule has 1 aliphatic heterocycles. The van der Waals surface area contributed by atoms with Crippen LogP contribution in [0.3, 0.4) is 0 Å². The highest BCUT2D eigenvalue weighted by Crippen LogP contribution is 2.26. The summed E-state index contributed by atoms with van der Waals surface area (Å²) in [6.45, 7) is 1.99. The molecule has 2 aromatic carbocycles. The summed E-state index contributed by atoms with van der Waals surface area (Å²) in [4.78, 5) is 37.7. The van der Waals surface area contributed by atoms with Crippen LogP contribution in [0.4, 0.5) is 11.4 Å². The number of carbonyl (C=O) groups excluding carboxylic acids is 3. The Hall–Kier alpha value is -3.35. The van der Waals surface area contributed by atoms with Crippen molar-refractivity contribution in [1.82, 2.24) is 0 Å². The smallest absolute Gasteiger partial charge is 0.338 e. The normalized spacial score (nSPS) is 16.7. The summed E-state index contributed by atoms with van der Waals surface area (Å²) >= 11 is 0. The van der Waals surface area contributed by atoms with Crippen LogP contribution in [0.2, 0.25) is 0 Å². The minimum Gasteiger partial charge on any atom is -0.508 e. The van der Waals surface area contributed by atoms with Crippen molar-refractivity contribution in [3.63, 3.8) is 0 Å². The maximum Gasteiger partial charge on any atom is 0.338 e. The fourth-order valence-corrected chi connectivity index (χ4v) is 2.77. The van der Waals surface area contributed by atoms with Crippen LogP contribution in [0.15, 0.2) is 48.5 Å². The molecule has 0 radical (unpaired) electrons. The zero-order valence-corrected chi connectivity index (χ0v) is 14.1. The van der Waals surface area contributed by atoms with Crippen molar-refractivity contribution in [1.29, 1.82) is 0 Å². The van der Waals surface area contributed by atoms with Crippen molar-refractivity contribution in [2.24, 2.45) is 0 Å². The number of amides is 2. The number of esters is 1. The zero-order chi connectivity index (χ0) is 18.7. The van der Waals surface area contributed by atoms with Crippen molar-refractivity contribution >= 4 is 29.2 Å². The van der Waals surface area contributed by atoms with Crippen LogP contribution in [0.5, 0.6) is 5.75 Å². The molecule has 0 aromatic heterocycles. The third kappa shape index (κ3) is 3.51. The van der Waals surface area contributed by atoms with Crippen molar-refractivity contribution in [2.45, 2.75) is 19.4 Å². The lowest BCUT2D eigenvalue weighted by Gasteiger charge is -2.16. The molecule has 134 valence electrons. The number of anilines is 2. The number of imide groups is 1. The monoisotopic (exact) mass is 354 g/mol. The van der Waals surface area contributed by atoms with Crippen molar-refractivity contribution in [3.8, 4) is 5.75 Å². The van der Waals surface area contributed by atoms with E-state index in [1.165, 1.54) is 24.3 Å². The molecule has 1 heterocycles. The molecule has 2 aromatic rings. The highest BCUT2D eigenvalue weighted by Gasteiger charge is 2.39. The summed E-state index contributed by atoms with van der Waals surface area (Å²) in [6.07, 6.45) is 0.00805. The van der Waals surface area contributed by atoms with Gasteiger partial charge in [0.25, 0.3) is 5.91 Å². The van der Waals surface area contributed by atoms with Crippen LogP contribution in [0.1, 0.15) is 23.7 Å². The summed E-state index contributed by atoms with van der Waals surface area (Å²) in [5.74, 6) is -1.11. The number of hydrogen-bond acceptors (Lipinski definition) is 6. The summed E-state index contributed by atoms with van der Waals surface area (Å²) in [5.41, 5.74) is 1.30. The highest BCUT2D eigenvalue weighted by atomic mass is 16.5. The van der Waals surface area contributed by atoms with E-state index in [0.29, 0.717) is 16.9 Å². The van der Waals surface area contributed by atoms with Gasteiger partial charge in [-0.2, -0.15) is 0 Å². The summed E-state index contributed by atoms with van der Waals surface area (Å²) in [5, 5.41) is 12.5. The Morgan fingerprint density at radius 3 is 2.62 bits per heavy atom. The Bertz CT molecular complexity index is 847. The first-order valence-corrected chi connectivity index (χ1v) is 8.19. The third-order valence-corrected chi connectivity index (χ3v) is 3.97. The highest BCUT2D eigenvalue weighted by molar-refractivity contribution is 6.23. The minimum absolute atomic E-state index is 0.00805. The zero-order valence-electron chi connectivity index (χ0n) is 14.1. The van der Waals surface area contributed by atoms with Crippen LogP contribution in [-0.2, 0) is 14.3 Å². The predicted molar refractivity (Wildman–Crippen MR) is 95.0 cm³/mol. The molecule has 0 aliphatic carbocycles. The van der Waals surface area contributed by atoms with Gasteiger partial charge in [-0.05, 0) is 43.3 Å². The van der Waals surface area contributed by atoms with E-state index in [4.69, 9.17) is 4.74 Å². The van der Waals surface area contributed by atoms with Crippen LogP contribution in [0.25, 0.3) is 0 Å². The molecule has 7 nitrogen and oxygen atoms in total. The fourth-order valence-electron chi connectivity index (χ4n) is 2.77. The maximum absolute atomic E-state index is 12.6. The lowest BCUT2D eigenvalue weighted by molar-refractivity contribution is -0.121. The predicted octanol–water partition coefficient (Wildman–Crippen LogP) is 2.31. The van der Waals surface area contributed by atoms with Crippen LogP contribution < -0.4 is 10.2 Å². The first-order chi connectivity index (χ1) is 12.5. The molecule has 0 saturated carbocycles. The average molecular weight is 354 g/mol. The summed E-state index contributed by atoms with van der Waals surface area (Å²) in [6, 6.07) is 11.7. The minimum atomic E-state index is -0.714. The number of ether oxygens (including phenoxy) is 1. The Labute approximate surface area is 150 Å². The van der Waals surface area contributed by atoms with E-state index >= 15 is 0 Å². The van der Waals surface area contributed by atoms with Gasteiger partial charge in [-0.15, -0.1) is 0 Å². The Kier molecular flexibility index (Phi) is 4.88. The van der Waals surface area contributed by atoms with E-state index in [0.717, 1.165) is 4.90 Å². The number of nitrogens with zero attached hydrogens (tertiary/aromatic N) is 1. The Morgan fingerprint density at radius 1 is 1.23 bits per heavy atom. The number of phenols is 1. The number of nitrogens with one attached hydrogen (secondary N) is 1. The number of benzene rings is 2. The van der Waals surface area contributed by atoms with Gasteiger partial charge in [-0.1, -0.05) is 6.07 Å². The number of phenolic OH excluding ortho intramolecular Hbond substituents is 1. The molecule has 0 unspecified atom stereocenters. The van der Waals surface area contributed by atoms with E-state index < -0.39 is 12.0 Å². The maximum atomic E-state index is 12.6. The summed E-state index contributed by atoms with van der Waals surface area (Å²) in [7, 11) is 0. The van der Waals surface area contributed by atoms with Gasteiger partial charge in [0.05, 0.1) is 24.3 Å². The Morgan fingerprint density at radius 2 is 1.96 bits per heavy atom. The van der Waals surface area contributed by atoms with Gasteiger partial charge in [-0.3, -0.25) is 9.59 Å². The van der Waals surface area contributed by atoms with Crippen molar-refractivity contribution in [3.05, 3.63) is 54.1 Å². The molecular weight excluding hydrogens is 336 g/mol. The van der Waals surface area contributed by atoms with Crippen LogP contribution in [0, 0.1) is 0 Å². The van der Waals surface area contributed by atoms with Gasteiger partial charge < -0.3 is 15.2 Å². The second kappa shape index (κ2) is 7.26. The average Bonchev–Trinajstić information content (AvgIpc) is 2.89. The van der Waals surface area contributed by atoms with Gasteiger partial charge in [-0.25, -0.2) is 9.69 Å². The van der Waals surface area contributed by atoms with E-state index in [9.17, 15) is 19.5 Å². The summed E-state index contributed by atoms with van der Waals surface area (Å²) < 4.78 is 4.91. The molecule has 1 atom stereocenters. The van der Waals surface area contributed by atoms with E-state index in [1.807, 2.05) is 0 Å². The van der Waals surface area contributed by atoms with Gasteiger partial charge in [0, 0.05) is 11.8 Å². The second-order valence-electron chi connectivity index (χ2n) is 5.79. The first kappa shape index (κ1) is 17.5.